The number of carbonyl (C=O) groups is 1. The second kappa shape index (κ2) is 8.49. The Bertz CT molecular complexity index is 910. The van der Waals surface area contributed by atoms with Crippen molar-refractivity contribution in [3.8, 4) is 5.69 Å². The summed E-state index contributed by atoms with van der Waals surface area (Å²) >= 11 is 0. The van der Waals surface area contributed by atoms with Crippen LogP contribution in [0.5, 0.6) is 0 Å². The van der Waals surface area contributed by atoms with E-state index in [2.05, 4.69) is 43.0 Å². The summed E-state index contributed by atoms with van der Waals surface area (Å²) in [4.78, 5) is 27.7. The highest BCUT2D eigenvalue weighted by Crippen LogP contribution is 2.26. The number of likely N-dealkylation sites (tertiary alicyclic amines) is 1. The molecule has 0 aliphatic carbocycles. The van der Waals surface area contributed by atoms with Gasteiger partial charge in [-0.2, -0.15) is 5.10 Å². The molecule has 0 radical (unpaired) electrons. The Balaban J connectivity index is 1.76. The Morgan fingerprint density at radius 1 is 1.17 bits per heavy atom. The number of rotatable bonds is 5. The van der Waals surface area contributed by atoms with Crippen LogP contribution < -0.4 is 10.7 Å². The molecule has 0 saturated carbocycles. The highest BCUT2D eigenvalue weighted by Gasteiger charge is 2.33. The van der Waals surface area contributed by atoms with Gasteiger partial charge in [0.1, 0.15) is 0 Å². The zero-order valence-electron chi connectivity index (χ0n) is 18.1. The molecule has 1 aromatic heterocycles. The first-order valence-corrected chi connectivity index (χ1v) is 10.4. The highest BCUT2D eigenvalue weighted by molar-refractivity contribution is 5.92. The van der Waals surface area contributed by atoms with E-state index in [0.717, 1.165) is 18.8 Å². The Labute approximate surface area is 172 Å². The van der Waals surface area contributed by atoms with Crippen LogP contribution >= 0.6 is 0 Å². The van der Waals surface area contributed by atoms with E-state index >= 15 is 0 Å². The van der Waals surface area contributed by atoms with E-state index in [1.165, 1.54) is 12.5 Å². The van der Waals surface area contributed by atoms with Crippen molar-refractivity contribution in [1.29, 1.82) is 0 Å². The number of para-hydroxylation sites is 1. The lowest BCUT2D eigenvalue weighted by molar-refractivity contribution is 0.0444. The van der Waals surface area contributed by atoms with Crippen LogP contribution in [-0.2, 0) is 0 Å². The molecule has 1 aliphatic rings. The van der Waals surface area contributed by atoms with Gasteiger partial charge in [-0.1, -0.05) is 32.0 Å². The smallest absolute Gasteiger partial charge is 0.275 e. The third-order valence-electron chi connectivity index (χ3n) is 5.73. The molecular formula is C23H32N4O2. The van der Waals surface area contributed by atoms with E-state index in [1.54, 1.807) is 4.68 Å². The van der Waals surface area contributed by atoms with Crippen LogP contribution in [0.3, 0.4) is 0 Å². The number of nitrogens with zero attached hydrogens (tertiary/aromatic N) is 3. The lowest BCUT2D eigenvalue weighted by Crippen LogP contribution is -2.56. The maximum absolute atomic E-state index is 12.8. The molecule has 1 saturated heterocycles. The molecule has 6 heteroatoms. The Morgan fingerprint density at radius 3 is 2.41 bits per heavy atom. The predicted octanol–water partition coefficient (Wildman–Crippen LogP) is 3.03. The SMILES string of the molecule is Cc1cc(=O)c(C(=O)NCC(C)(C)N2CC(C)CC(C)C2)nn1-c1ccccc1. The number of amides is 1. The van der Waals surface area contributed by atoms with Crippen LogP contribution in [0.1, 0.15) is 50.3 Å². The Morgan fingerprint density at radius 2 is 1.79 bits per heavy atom. The van der Waals surface area contributed by atoms with Gasteiger partial charge in [0.05, 0.1) is 5.69 Å². The molecule has 0 bridgehead atoms. The van der Waals surface area contributed by atoms with Gasteiger partial charge in [-0.15, -0.1) is 0 Å². The molecule has 1 N–H and O–H groups in total. The number of piperidine rings is 1. The van der Waals surface area contributed by atoms with E-state index in [0.29, 0.717) is 24.1 Å². The number of hydrogen-bond donors (Lipinski definition) is 1. The quantitative estimate of drug-likeness (QED) is 0.844. The summed E-state index contributed by atoms with van der Waals surface area (Å²) in [5.74, 6) is 0.863. The van der Waals surface area contributed by atoms with Crippen molar-refractivity contribution in [3.63, 3.8) is 0 Å². The van der Waals surface area contributed by atoms with Crippen molar-refractivity contribution < 1.29 is 4.79 Å². The number of aryl methyl sites for hydroxylation is 1. The number of nitrogens with one attached hydrogen (secondary N) is 1. The van der Waals surface area contributed by atoms with Crippen LogP contribution in [0.15, 0.2) is 41.2 Å². The van der Waals surface area contributed by atoms with Gasteiger partial charge < -0.3 is 5.32 Å². The fourth-order valence-electron chi connectivity index (χ4n) is 4.18. The van der Waals surface area contributed by atoms with Crippen molar-refractivity contribution in [2.75, 3.05) is 19.6 Å². The molecule has 2 aromatic rings. The average Bonchev–Trinajstić information content (AvgIpc) is 2.66. The maximum atomic E-state index is 12.8. The molecule has 1 aromatic carbocycles. The third-order valence-corrected chi connectivity index (χ3v) is 5.73. The summed E-state index contributed by atoms with van der Waals surface area (Å²) in [6.45, 7) is 13.2. The van der Waals surface area contributed by atoms with E-state index in [1.807, 2.05) is 37.3 Å². The first-order valence-electron chi connectivity index (χ1n) is 10.4. The standard InChI is InChI=1S/C23H32N4O2/c1-16-11-17(2)14-26(13-16)23(4,5)15-24-22(29)21-20(28)12-18(3)27(25-21)19-9-7-6-8-10-19/h6-10,12,16-17H,11,13-15H2,1-5H3,(H,24,29). The van der Waals surface area contributed by atoms with Crippen LogP contribution in [0, 0.1) is 18.8 Å². The third kappa shape index (κ3) is 4.93. The van der Waals surface area contributed by atoms with Gasteiger partial charge in [0.25, 0.3) is 5.91 Å². The minimum atomic E-state index is -0.425. The summed E-state index contributed by atoms with van der Waals surface area (Å²) in [6, 6.07) is 11.0. The highest BCUT2D eigenvalue weighted by atomic mass is 16.2. The van der Waals surface area contributed by atoms with Crippen LogP contribution in [-0.4, -0.2) is 45.8 Å². The number of hydrogen-bond acceptors (Lipinski definition) is 4. The van der Waals surface area contributed by atoms with E-state index < -0.39 is 5.91 Å². The first kappa shape index (κ1) is 21.2. The minimum Gasteiger partial charge on any atom is -0.349 e. The van der Waals surface area contributed by atoms with E-state index in [4.69, 9.17) is 0 Å². The second-order valence-electron chi connectivity index (χ2n) is 9.09. The number of benzene rings is 1. The summed E-state index contributed by atoms with van der Waals surface area (Å²) in [7, 11) is 0. The molecule has 3 rings (SSSR count). The van der Waals surface area contributed by atoms with Crippen molar-refractivity contribution in [2.45, 2.75) is 46.6 Å². The Kier molecular flexibility index (Phi) is 6.22. The van der Waals surface area contributed by atoms with Crippen LogP contribution in [0.25, 0.3) is 5.69 Å². The van der Waals surface area contributed by atoms with Gasteiger partial charge in [0.2, 0.25) is 5.43 Å². The van der Waals surface area contributed by atoms with Crippen LogP contribution in [0.2, 0.25) is 0 Å². The summed E-state index contributed by atoms with van der Waals surface area (Å²) in [6.07, 6.45) is 1.24. The van der Waals surface area contributed by atoms with Gasteiger partial charge >= 0.3 is 0 Å². The number of carbonyl (C=O) groups excluding carboxylic acids is 1. The van der Waals surface area contributed by atoms with E-state index in [9.17, 15) is 9.59 Å². The van der Waals surface area contributed by atoms with Crippen molar-refractivity contribution in [2.24, 2.45) is 11.8 Å². The second-order valence-corrected chi connectivity index (χ2v) is 9.09. The summed E-state index contributed by atoms with van der Waals surface area (Å²) < 4.78 is 1.63. The molecule has 29 heavy (non-hydrogen) atoms. The number of aromatic nitrogens is 2. The predicted molar refractivity (Wildman–Crippen MR) is 116 cm³/mol. The minimum absolute atomic E-state index is 0.0735. The van der Waals surface area contributed by atoms with E-state index in [-0.39, 0.29) is 16.7 Å². The largest absolute Gasteiger partial charge is 0.349 e. The molecule has 156 valence electrons. The normalized spacial score (nSPS) is 20.4. The molecular weight excluding hydrogens is 364 g/mol. The molecule has 6 nitrogen and oxygen atoms in total. The average molecular weight is 397 g/mol. The van der Waals surface area contributed by atoms with Gasteiger partial charge in [-0.05, 0) is 51.2 Å². The molecule has 0 spiro atoms. The molecule has 2 unspecified atom stereocenters. The summed E-state index contributed by atoms with van der Waals surface area (Å²) in [5, 5.41) is 7.31. The zero-order chi connectivity index (χ0) is 21.2. The van der Waals surface area contributed by atoms with Crippen LogP contribution in [0.4, 0.5) is 0 Å². The maximum Gasteiger partial charge on any atom is 0.275 e. The van der Waals surface area contributed by atoms with Gasteiger partial charge in [-0.25, -0.2) is 4.68 Å². The van der Waals surface area contributed by atoms with Gasteiger partial charge in [0.15, 0.2) is 5.69 Å². The fraction of sp³-hybridized carbons (Fsp3) is 0.522. The monoisotopic (exact) mass is 396 g/mol. The van der Waals surface area contributed by atoms with Gasteiger partial charge in [0, 0.05) is 36.9 Å². The summed E-state index contributed by atoms with van der Waals surface area (Å²) in [5.41, 5.74) is 0.882. The van der Waals surface area contributed by atoms with Gasteiger partial charge in [-0.3, -0.25) is 14.5 Å². The topological polar surface area (TPSA) is 67.2 Å². The zero-order valence-corrected chi connectivity index (χ0v) is 18.1. The van der Waals surface area contributed by atoms with Crippen molar-refractivity contribution in [3.05, 3.63) is 58.0 Å². The Hall–Kier alpha value is -2.47. The lowest BCUT2D eigenvalue weighted by atomic mass is 9.88. The molecule has 1 aliphatic heterocycles. The molecule has 1 fully saturated rings. The van der Waals surface area contributed by atoms with Crippen molar-refractivity contribution in [1.82, 2.24) is 20.0 Å². The van der Waals surface area contributed by atoms with Crippen molar-refractivity contribution >= 4 is 5.91 Å². The molecule has 2 atom stereocenters. The molecule has 2 heterocycles. The first-order chi connectivity index (χ1) is 13.7. The lowest BCUT2D eigenvalue weighted by Gasteiger charge is -2.45. The molecule has 1 amide bonds. The fourth-order valence-corrected chi connectivity index (χ4v) is 4.18.